The molecule has 2 aromatic carbocycles. The number of rotatable bonds is 3. The van der Waals surface area contributed by atoms with Crippen molar-refractivity contribution in [2.24, 2.45) is 0 Å². The highest BCUT2D eigenvalue weighted by atomic mass is 79.9. The van der Waals surface area contributed by atoms with Crippen molar-refractivity contribution < 1.29 is 4.79 Å². The third-order valence-corrected chi connectivity index (χ3v) is 7.00. The number of nitrogens with zero attached hydrogens (tertiary/aromatic N) is 2. The van der Waals surface area contributed by atoms with Crippen LogP contribution in [0.2, 0.25) is 0 Å². The predicted octanol–water partition coefficient (Wildman–Crippen LogP) is 5.73. The molecule has 0 bridgehead atoms. The summed E-state index contributed by atoms with van der Waals surface area (Å²) < 4.78 is 3.20. The second-order valence-electron chi connectivity index (χ2n) is 7.08. The Hall–Kier alpha value is -1.46. The maximum Gasteiger partial charge on any atom is 0.243 e. The highest BCUT2D eigenvalue weighted by molar-refractivity contribution is 9.10. The first kappa shape index (κ1) is 17.9. The molecule has 1 amide bonds. The van der Waals surface area contributed by atoms with Crippen molar-refractivity contribution in [3.63, 3.8) is 0 Å². The van der Waals surface area contributed by atoms with Crippen LogP contribution in [-0.2, 0) is 4.79 Å². The molecule has 1 saturated carbocycles. The van der Waals surface area contributed by atoms with Crippen LogP contribution < -0.4 is 4.31 Å². The van der Waals surface area contributed by atoms with Crippen molar-refractivity contribution in [2.45, 2.75) is 43.0 Å². The number of halogens is 1. The fraction of sp³-hybridized carbons (Fsp3) is 0.381. The maximum atomic E-state index is 13.0. The Balaban J connectivity index is 1.59. The second-order valence-corrected chi connectivity index (χ2v) is 9.06. The summed E-state index contributed by atoms with van der Waals surface area (Å²) in [4.78, 5) is 16.1. The number of carbonyl (C=O) groups excluding carboxylic acids is 1. The van der Waals surface area contributed by atoms with Gasteiger partial charge in [0.2, 0.25) is 5.91 Å². The van der Waals surface area contributed by atoms with Gasteiger partial charge in [0, 0.05) is 28.0 Å². The van der Waals surface area contributed by atoms with Gasteiger partial charge < -0.3 is 9.21 Å². The zero-order valence-corrected chi connectivity index (χ0v) is 17.4. The van der Waals surface area contributed by atoms with Crippen molar-refractivity contribution in [1.29, 1.82) is 0 Å². The van der Waals surface area contributed by atoms with E-state index in [0.29, 0.717) is 12.6 Å². The summed E-state index contributed by atoms with van der Waals surface area (Å²) in [7, 11) is 1.98. The minimum atomic E-state index is 0.206. The molecular formula is C21H23BrN2OS. The van der Waals surface area contributed by atoms with Gasteiger partial charge in [0.1, 0.15) is 6.54 Å². The number of benzene rings is 2. The SMILES string of the molecule is CN(C(=O)CN1Sc2ccccc2-c2cc(Br)ccc21)C1CCCCC1. The average molecular weight is 431 g/mol. The van der Waals surface area contributed by atoms with Crippen molar-refractivity contribution in [3.8, 4) is 11.1 Å². The quantitative estimate of drug-likeness (QED) is 0.580. The van der Waals surface area contributed by atoms with E-state index in [1.165, 1.54) is 35.3 Å². The smallest absolute Gasteiger partial charge is 0.243 e. The third kappa shape index (κ3) is 3.52. The summed E-state index contributed by atoms with van der Waals surface area (Å²) in [6.07, 6.45) is 6.07. The molecule has 2 aromatic rings. The molecule has 5 heteroatoms. The lowest BCUT2D eigenvalue weighted by molar-refractivity contribution is -0.130. The van der Waals surface area contributed by atoms with Gasteiger partial charge in [-0.25, -0.2) is 0 Å². The number of anilines is 1. The Morgan fingerprint density at radius 1 is 1.15 bits per heavy atom. The zero-order chi connectivity index (χ0) is 18.1. The van der Waals surface area contributed by atoms with Gasteiger partial charge in [-0.2, -0.15) is 0 Å². The molecule has 0 saturated heterocycles. The van der Waals surface area contributed by atoms with E-state index >= 15 is 0 Å². The molecule has 1 aliphatic heterocycles. The summed E-state index contributed by atoms with van der Waals surface area (Å²) in [5, 5.41) is 0. The Labute approximate surface area is 168 Å². The van der Waals surface area contributed by atoms with Gasteiger partial charge in [0.05, 0.1) is 5.69 Å². The number of hydrogen-bond acceptors (Lipinski definition) is 3. The van der Waals surface area contributed by atoms with Gasteiger partial charge >= 0.3 is 0 Å². The van der Waals surface area contributed by atoms with Crippen molar-refractivity contribution in [3.05, 3.63) is 46.9 Å². The summed E-state index contributed by atoms with van der Waals surface area (Å²) in [6, 6.07) is 15.1. The summed E-state index contributed by atoms with van der Waals surface area (Å²) >= 11 is 5.26. The van der Waals surface area contributed by atoms with Crippen LogP contribution in [0.25, 0.3) is 11.1 Å². The Morgan fingerprint density at radius 3 is 2.73 bits per heavy atom. The highest BCUT2D eigenvalue weighted by Gasteiger charge is 2.28. The normalized spacial score (nSPS) is 16.8. The topological polar surface area (TPSA) is 23.6 Å². The van der Waals surface area contributed by atoms with E-state index in [1.54, 1.807) is 11.9 Å². The third-order valence-electron chi connectivity index (χ3n) is 5.41. The largest absolute Gasteiger partial charge is 0.341 e. The fourth-order valence-corrected chi connectivity index (χ4v) is 5.35. The van der Waals surface area contributed by atoms with Crippen molar-refractivity contribution in [2.75, 3.05) is 17.9 Å². The van der Waals surface area contributed by atoms with Gasteiger partial charge in [0.25, 0.3) is 0 Å². The minimum absolute atomic E-state index is 0.206. The molecule has 0 radical (unpaired) electrons. The molecule has 0 aromatic heterocycles. The van der Waals surface area contributed by atoms with Crippen LogP contribution in [0.15, 0.2) is 51.8 Å². The van der Waals surface area contributed by atoms with E-state index in [9.17, 15) is 4.79 Å². The molecule has 0 N–H and O–H groups in total. The minimum Gasteiger partial charge on any atom is -0.341 e. The van der Waals surface area contributed by atoms with Crippen LogP contribution in [-0.4, -0.2) is 30.4 Å². The van der Waals surface area contributed by atoms with Crippen LogP contribution in [0.4, 0.5) is 5.69 Å². The Kier molecular flexibility index (Phi) is 5.28. The Morgan fingerprint density at radius 2 is 1.92 bits per heavy atom. The molecule has 1 fully saturated rings. The highest BCUT2D eigenvalue weighted by Crippen LogP contribution is 2.47. The number of carbonyl (C=O) groups is 1. The summed E-state index contributed by atoms with van der Waals surface area (Å²) in [6.45, 7) is 0.403. The molecule has 2 aliphatic rings. The first-order valence-electron chi connectivity index (χ1n) is 9.23. The molecule has 26 heavy (non-hydrogen) atoms. The van der Waals surface area contributed by atoms with E-state index in [1.807, 2.05) is 11.9 Å². The van der Waals surface area contributed by atoms with E-state index in [2.05, 4.69) is 62.7 Å². The monoisotopic (exact) mass is 430 g/mol. The molecule has 1 heterocycles. The molecule has 4 rings (SSSR count). The Bertz CT molecular complexity index is 819. The average Bonchev–Trinajstić information content (AvgIpc) is 2.68. The number of fused-ring (bicyclic) bond motifs is 3. The molecular weight excluding hydrogens is 408 g/mol. The van der Waals surface area contributed by atoms with Gasteiger partial charge in [-0.15, -0.1) is 0 Å². The van der Waals surface area contributed by atoms with E-state index in [0.717, 1.165) is 23.0 Å². The number of likely N-dealkylation sites (N-methyl/N-ethyl adjacent to an activating group) is 1. The van der Waals surface area contributed by atoms with Gasteiger partial charge in [-0.3, -0.25) is 4.79 Å². The summed E-state index contributed by atoms with van der Waals surface area (Å²) in [5.74, 6) is 0.206. The van der Waals surface area contributed by atoms with Crippen molar-refractivity contribution >= 4 is 39.5 Å². The van der Waals surface area contributed by atoms with Crippen molar-refractivity contribution in [1.82, 2.24) is 4.90 Å². The zero-order valence-electron chi connectivity index (χ0n) is 15.0. The standard InChI is InChI=1S/C21H23BrN2OS/c1-23(16-7-3-2-4-8-16)21(25)14-24-19-12-11-15(22)13-18(19)17-9-5-6-10-20(17)26-24/h5-6,9-13,16H,2-4,7-8,14H2,1H3. The summed E-state index contributed by atoms with van der Waals surface area (Å²) in [5.41, 5.74) is 3.53. The van der Waals surface area contributed by atoms with Crippen LogP contribution in [0.1, 0.15) is 32.1 Å². The predicted molar refractivity (Wildman–Crippen MR) is 112 cm³/mol. The lowest BCUT2D eigenvalue weighted by Crippen LogP contribution is -2.43. The van der Waals surface area contributed by atoms with E-state index < -0.39 is 0 Å². The van der Waals surface area contributed by atoms with E-state index in [4.69, 9.17) is 0 Å². The molecule has 0 atom stereocenters. The molecule has 0 spiro atoms. The van der Waals surface area contributed by atoms with Gasteiger partial charge in [-0.1, -0.05) is 53.4 Å². The van der Waals surface area contributed by atoms with E-state index in [-0.39, 0.29) is 5.91 Å². The lowest BCUT2D eigenvalue weighted by Gasteiger charge is -2.35. The van der Waals surface area contributed by atoms with Gasteiger partial charge in [0.15, 0.2) is 0 Å². The van der Waals surface area contributed by atoms with Crippen LogP contribution in [0.3, 0.4) is 0 Å². The van der Waals surface area contributed by atoms with Crippen LogP contribution in [0.5, 0.6) is 0 Å². The van der Waals surface area contributed by atoms with Crippen LogP contribution >= 0.6 is 27.9 Å². The lowest BCUT2D eigenvalue weighted by atomic mass is 9.94. The molecule has 3 nitrogen and oxygen atoms in total. The molecule has 1 aliphatic carbocycles. The van der Waals surface area contributed by atoms with Gasteiger partial charge in [-0.05, 0) is 54.6 Å². The first-order valence-corrected chi connectivity index (χ1v) is 10.8. The molecule has 0 unspecified atom stereocenters. The fourth-order valence-electron chi connectivity index (χ4n) is 3.90. The number of hydrogen-bond donors (Lipinski definition) is 0. The van der Waals surface area contributed by atoms with Crippen LogP contribution in [0, 0.1) is 0 Å². The molecule has 136 valence electrons. The number of amides is 1. The maximum absolute atomic E-state index is 13.0. The second kappa shape index (κ2) is 7.65. The first-order chi connectivity index (χ1) is 12.6.